The lowest BCUT2D eigenvalue weighted by Crippen LogP contribution is -2.17. The normalized spacial score (nSPS) is 9.79. The van der Waals surface area contributed by atoms with E-state index in [-0.39, 0.29) is 19.0 Å². The van der Waals surface area contributed by atoms with Crippen LogP contribution in [0.1, 0.15) is 19.8 Å². The summed E-state index contributed by atoms with van der Waals surface area (Å²) in [6.07, 6.45) is 0.246. The fraction of sp³-hybridized carbons (Fsp3) is 0.385. The van der Waals surface area contributed by atoms with E-state index in [1.54, 1.807) is 24.3 Å². The summed E-state index contributed by atoms with van der Waals surface area (Å²) in [7, 11) is 0. The summed E-state index contributed by atoms with van der Waals surface area (Å²) in [6.45, 7) is 2.31. The first-order valence-electron chi connectivity index (χ1n) is 5.96. The number of hydrogen-bond acceptors (Lipinski definition) is 4. The van der Waals surface area contributed by atoms with E-state index in [1.165, 1.54) is 0 Å². The average Bonchev–Trinajstić information content (AvgIpc) is 2.39. The Kier molecular flexibility index (Phi) is 6.95. The number of nitrogens with one attached hydrogen (secondary N) is 1. The topological polar surface area (TPSA) is 64.6 Å². The van der Waals surface area contributed by atoms with Crippen molar-refractivity contribution in [3.8, 4) is 0 Å². The van der Waals surface area contributed by atoms with Crippen LogP contribution in [0.25, 0.3) is 0 Å². The molecule has 6 heteroatoms. The monoisotopic (exact) mass is 329 g/mol. The summed E-state index contributed by atoms with van der Waals surface area (Å²) < 4.78 is 10.6. The maximum Gasteiger partial charge on any atom is 0.411 e. The van der Waals surface area contributed by atoms with Gasteiger partial charge in [0.1, 0.15) is 6.61 Å². The molecule has 0 atom stereocenters. The highest BCUT2D eigenvalue weighted by Crippen LogP contribution is 2.14. The lowest BCUT2D eigenvalue weighted by molar-refractivity contribution is -0.144. The fourth-order valence-corrected chi connectivity index (χ4v) is 1.47. The molecule has 0 aliphatic carbocycles. The minimum Gasteiger partial charge on any atom is -0.466 e. The lowest BCUT2D eigenvalue weighted by atomic mass is 10.3. The molecule has 0 aromatic heterocycles. The second kappa shape index (κ2) is 8.53. The first kappa shape index (κ1) is 15.5. The highest BCUT2D eigenvalue weighted by Gasteiger charge is 2.06. The van der Waals surface area contributed by atoms with Crippen molar-refractivity contribution in [3.05, 3.63) is 28.7 Å². The van der Waals surface area contributed by atoms with Gasteiger partial charge in [0.05, 0.1) is 13.0 Å². The molecule has 0 spiro atoms. The maximum absolute atomic E-state index is 11.4. The summed E-state index contributed by atoms with van der Waals surface area (Å²) in [6, 6.07) is 7.08. The van der Waals surface area contributed by atoms with Crippen molar-refractivity contribution < 1.29 is 19.1 Å². The van der Waals surface area contributed by atoms with Crippen LogP contribution < -0.4 is 5.32 Å². The SMILES string of the molecule is CCCOC(=O)CCOC(=O)Nc1ccc(Br)cc1. The van der Waals surface area contributed by atoms with E-state index in [0.29, 0.717) is 12.3 Å². The molecule has 19 heavy (non-hydrogen) atoms. The Labute approximate surface area is 120 Å². The van der Waals surface area contributed by atoms with E-state index in [2.05, 4.69) is 21.2 Å². The molecule has 0 saturated heterocycles. The third-order valence-corrected chi connectivity index (χ3v) is 2.63. The van der Waals surface area contributed by atoms with Crippen LogP contribution in [0, 0.1) is 0 Å². The van der Waals surface area contributed by atoms with Gasteiger partial charge in [-0.2, -0.15) is 0 Å². The number of ether oxygens (including phenoxy) is 2. The Morgan fingerprint density at radius 1 is 1.16 bits per heavy atom. The van der Waals surface area contributed by atoms with E-state index < -0.39 is 6.09 Å². The van der Waals surface area contributed by atoms with Gasteiger partial charge in [0.2, 0.25) is 0 Å². The largest absolute Gasteiger partial charge is 0.466 e. The smallest absolute Gasteiger partial charge is 0.411 e. The highest BCUT2D eigenvalue weighted by molar-refractivity contribution is 9.10. The van der Waals surface area contributed by atoms with Crippen LogP contribution in [-0.2, 0) is 14.3 Å². The first-order chi connectivity index (χ1) is 9.11. The summed E-state index contributed by atoms with van der Waals surface area (Å²) >= 11 is 3.29. The zero-order chi connectivity index (χ0) is 14.1. The number of anilines is 1. The van der Waals surface area contributed by atoms with Crippen molar-refractivity contribution in [1.82, 2.24) is 0 Å². The molecule has 1 amide bonds. The standard InChI is InChI=1S/C13H16BrNO4/c1-2-8-18-12(16)7-9-19-13(17)15-11-5-3-10(14)4-6-11/h3-6H,2,7-9H2,1H3,(H,15,17). The van der Waals surface area contributed by atoms with Crippen molar-refractivity contribution in [3.63, 3.8) is 0 Å². The van der Waals surface area contributed by atoms with Crippen LogP contribution in [0.4, 0.5) is 10.5 Å². The number of hydrogen-bond donors (Lipinski definition) is 1. The van der Waals surface area contributed by atoms with Crippen LogP contribution in [0.3, 0.4) is 0 Å². The molecular formula is C13H16BrNO4. The molecule has 0 radical (unpaired) electrons. The summed E-state index contributed by atoms with van der Waals surface area (Å²) in [5.74, 6) is -0.363. The number of rotatable bonds is 6. The summed E-state index contributed by atoms with van der Waals surface area (Å²) in [5, 5.41) is 2.55. The van der Waals surface area contributed by atoms with Crippen LogP contribution >= 0.6 is 15.9 Å². The van der Waals surface area contributed by atoms with Crippen molar-refractivity contribution in [1.29, 1.82) is 0 Å². The predicted molar refractivity (Wildman–Crippen MR) is 75.0 cm³/mol. The zero-order valence-electron chi connectivity index (χ0n) is 10.6. The second-order valence-electron chi connectivity index (χ2n) is 3.74. The van der Waals surface area contributed by atoms with Gasteiger partial charge in [-0.3, -0.25) is 10.1 Å². The number of amides is 1. The van der Waals surface area contributed by atoms with Gasteiger partial charge >= 0.3 is 12.1 Å². The molecule has 0 saturated carbocycles. The number of halogens is 1. The van der Waals surface area contributed by atoms with E-state index in [4.69, 9.17) is 9.47 Å². The number of carbonyl (C=O) groups is 2. The Morgan fingerprint density at radius 3 is 2.47 bits per heavy atom. The number of carbonyl (C=O) groups excluding carboxylic acids is 2. The van der Waals surface area contributed by atoms with Crippen LogP contribution in [0.5, 0.6) is 0 Å². The average molecular weight is 330 g/mol. The predicted octanol–water partition coefficient (Wildman–Crippen LogP) is 3.34. The first-order valence-corrected chi connectivity index (χ1v) is 6.76. The molecule has 104 valence electrons. The minimum absolute atomic E-state index is 0.00487. The third-order valence-electron chi connectivity index (χ3n) is 2.10. The molecule has 1 aromatic rings. The van der Waals surface area contributed by atoms with Gasteiger partial charge in [-0.1, -0.05) is 22.9 Å². The molecule has 0 bridgehead atoms. The highest BCUT2D eigenvalue weighted by atomic mass is 79.9. The molecule has 0 fully saturated rings. The van der Waals surface area contributed by atoms with Gasteiger partial charge in [0.25, 0.3) is 0 Å². The van der Waals surface area contributed by atoms with E-state index in [0.717, 1.165) is 10.9 Å². The molecule has 0 heterocycles. The van der Waals surface area contributed by atoms with E-state index in [1.807, 2.05) is 6.92 Å². The van der Waals surface area contributed by atoms with Crippen LogP contribution in [0.2, 0.25) is 0 Å². The Balaban J connectivity index is 2.21. The summed E-state index contributed by atoms with van der Waals surface area (Å²) in [4.78, 5) is 22.5. The number of esters is 1. The molecule has 1 aromatic carbocycles. The lowest BCUT2D eigenvalue weighted by Gasteiger charge is -2.07. The van der Waals surface area contributed by atoms with Crippen molar-refractivity contribution in [2.24, 2.45) is 0 Å². The van der Waals surface area contributed by atoms with Gasteiger partial charge in [-0.25, -0.2) is 4.79 Å². The number of benzene rings is 1. The molecule has 1 rings (SSSR count). The minimum atomic E-state index is -0.592. The molecule has 0 aliphatic heterocycles. The van der Waals surface area contributed by atoms with Crippen molar-refractivity contribution in [2.45, 2.75) is 19.8 Å². The Bertz CT molecular complexity index is 419. The quantitative estimate of drug-likeness (QED) is 0.813. The Morgan fingerprint density at radius 2 is 1.84 bits per heavy atom. The molecule has 0 unspecified atom stereocenters. The molecule has 5 nitrogen and oxygen atoms in total. The fourth-order valence-electron chi connectivity index (χ4n) is 1.20. The van der Waals surface area contributed by atoms with Crippen molar-refractivity contribution in [2.75, 3.05) is 18.5 Å². The summed E-state index contributed by atoms with van der Waals surface area (Å²) in [5.41, 5.74) is 0.627. The zero-order valence-corrected chi connectivity index (χ0v) is 12.2. The molecule has 0 aliphatic rings. The molecular weight excluding hydrogens is 314 g/mol. The van der Waals surface area contributed by atoms with E-state index >= 15 is 0 Å². The molecule has 1 N–H and O–H groups in total. The van der Waals surface area contributed by atoms with Crippen molar-refractivity contribution >= 4 is 33.7 Å². The van der Waals surface area contributed by atoms with E-state index in [9.17, 15) is 9.59 Å². The van der Waals surface area contributed by atoms with Gasteiger partial charge in [-0.15, -0.1) is 0 Å². The third kappa shape index (κ3) is 6.81. The second-order valence-corrected chi connectivity index (χ2v) is 4.65. The van der Waals surface area contributed by atoms with Gasteiger partial charge in [-0.05, 0) is 30.7 Å². The van der Waals surface area contributed by atoms with Crippen LogP contribution in [0.15, 0.2) is 28.7 Å². The van der Waals surface area contributed by atoms with Gasteiger partial charge < -0.3 is 9.47 Å². The van der Waals surface area contributed by atoms with Gasteiger partial charge in [0, 0.05) is 10.2 Å². The van der Waals surface area contributed by atoms with Crippen LogP contribution in [-0.4, -0.2) is 25.3 Å². The van der Waals surface area contributed by atoms with Gasteiger partial charge in [0.15, 0.2) is 0 Å². The Hall–Kier alpha value is -1.56. The maximum atomic E-state index is 11.4.